The number of furan rings is 1. The normalized spacial score (nSPS) is 18.1. The van der Waals surface area contributed by atoms with Crippen molar-refractivity contribution in [2.45, 2.75) is 45.3 Å². The third kappa shape index (κ3) is 4.30. The van der Waals surface area contributed by atoms with Gasteiger partial charge in [0.15, 0.2) is 11.3 Å². The lowest BCUT2D eigenvalue weighted by atomic mass is 10.1. The number of nitrogens with one attached hydrogen (secondary N) is 1. The number of amides is 1. The zero-order valence-corrected chi connectivity index (χ0v) is 17.1. The van der Waals surface area contributed by atoms with Crippen molar-refractivity contribution in [1.82, 2.24) is 10.2 Å². The van der Waals surface area contributed by atoms with Gasteiger partial charge in [0.25, 0.3) is 0 Å². The van der Waals surface area contributed by atoms with Crippen LogP contribution in [0.1, 0.15) is 44.1 Å². The Hall–Kier alpha value is -2.79. The Balaban J connectivity index is 1.45. The number of benzene rings is 2. The van der Waals surface area contributed by atoms with Crippen LogP contribution in [0.15, 0.2) is 59.0 Å². The van der Waals surface area contributed by atoms with Crippen LogP contribution >= 0.6 is 0 Å². The van der Waals surface area contributed by atoms with Crippen molar-refractivity contribution in [3.63, 3.8) is 0 Å². The van der Waals surface area contributed by atoms with Crippen molar-refractivity contribution in [3.05, 3.63) is 65.9 Å². The van der Waals surface area contributed by atoms with Crippen LogP contribution in [-0.2, 0) is 11.3 Å². The SMILES string of the molecule is CCOc1cccc2cc(C(C)NC(=O)C3CCCN3Cc3ccccc3)oc12. The van der Waals surface area contributed by atoms with Gasteiger partial charge in [-0.15, -0.1) is 0 Å². The first-order valence-corrected chi connectivity index (χ1v) is 10.4. The smallest absolute Gasteiger partial charge is 0.237 e. The highest BCUT2D eigenvalue weighted by Gasteiger charge is 2.31. The molecule has 2 unspecified atom stereocenters. The Morgan fingerprint density at radius 1 is 1.24 bits per heavy atom. The van der Waals surface area contributed by atoms with E-state index in [1.807, 2.05) is 56.3 Å². The molecule has 0 spiro atoms. The summed E-state index contributed by atoms with van der Waals surface area (Å²) in [6.45, 7) is 6.25. The van der Waals surface area contributed by atoms with Crippen LogP contribution in [0.3, 0.4) is 0 Å². The zero-order chi connectivity index (χ0) is 20.2. The van der Waals surface area contributed by atoms with E-state index in [9.17, 15) is 4.79 Å². The van der Waals surface area contributed by atoms with E-state index in [4.69, 9.17) is 9.15 Å². The van der Waals surface area contributed by atoms with Gasteiger partial charge < -0.3 is 14.5 Å². The van der Waals surface area contributed by atoms with Crippen LogP contribution in [0.5, 0.6) is 5.75 Å². The quantitative estimate of drug-likeness (QED) is 0.635. The molecule has 2 aromatic carbocycles. The van der Waals surface area contributed by atoms with E-state index >= 15 is 0 Å². The molecule has 1 aliphatic heterocycles. The van der Waals surface area contributed by atoms with Crippen molar-refractivity contribution in [3.8, 4) is 5.75 Å². The summed E-state index contributed by atoms with van der Waals surface area (Å²) in [4.78, 5) is 15.3. The minimum absolute atomic E-state index is 0.0661. The first kappa shape index (κ1) is 19.5. The molecule has 1 N–H and O–H groups in total. The molecule has 2 heterocycles. The van der Waals surface area contributed by atoms with Crippen LogP contribution < -0.4 is 10.1 Å². The molecule has 3 aromatic rings. The molecule has 1 aromatic heterocycles. The Morgan fingerprint density at radius 3 is 2.86 bits per heavy atom. The second-order valence-electron chi connectivity index (χ2n) is 7.60. The number of rotatable bonds is 7. The van der Waals surface area contributed by atoms with E-state index in [-0.39, 0.29) is 18.0 Å². The van der Waals surface area contributed by atoms with Crippen LogP contribution in [0.4, 0.5) is 0 Å². The van der Waals surface area contributed by atoms with E-state index in [2.05, 4.69) is 22.3 Å². The first-order valence-electron chi connectivity index (χ1n) is 10.4. The van der Waals surface area contributed by atoms with Crippen molar-refractivity contribution in [1.29, 1.82) is 0 Å². The molecule has 152 valence electrons. The lowest BCUT2D eigenvalue weighted by molar-refractivity contribution is -0.126. The van der Waals surface area contributed by atoms with Crippen molar-refractivity contribution >= 4 is 16.9 Å². The molecule has 29 heavy (non-hydrogen) atoms. The summed E-state index contributed by atoms with van der Waals surface area (Å²) in [6, 6.07) is 17.9. The van der Waals surface area contributed by atoms with Crippen LogP contribution in [0.2, 0.25) is 0 Å². The minimum atomic E-state index is -0.205. The first-order chi connectivity index (χ1) is 14.2. The molecule has 0 saturated carbocycles. The number of likely N-dealkylation sites (tertiary alicyclic amines) is 1. The van der Waals surface area contributed by atoms with E-state index in [0.717, 1.165) is 48.4 Å². The molecule has 4 rings (SSSR count). The summed E-state index contributed by atoms with van der Waals surface area (Å²) < 4.78 is 11.7. The molecular weight excluding hydrogens is 364 g/mol. The van der Waals surface area contributed by atoms with Gasteiger partial charge in [0.1, 0.15) is 5.76 Å². The number of carbonyl (C=O) groups excluding carboxylic acids is 1. The van der Waals surface area contributed by atoms with E-state index in [0.29, 0.717) is 6.61 Å². The molecule has 1 saturated heterocycles. The Morgan fingerprint density at radius 2 is 2.07 bits per heavy atom. The topological polar surface area (TPSA) is 54.7 Å². The largest absolute Gasteiger partial charge is 0.490 e. The highest BCUT2D eigenvalue weighted by Crippen LogP contribution is 2.31. The van der Waals surface area contributed by atoms with Crippen LogP contribution in [-0.4, -0.2) is 30.0 Å². The summed E-state index contributed by atoms with van der Waals surface area (Å²) in [5, 5.41) is 4.14. The molecule has 0 radical (unpaired) electrons. The predicted octanol–water partition coefficient (Wildman–Crippen LogP) is 4.67. The zero-order valence-electron chi connectivity index (χ0n) is 17.1. The fourth-order valence-corrected chi connectivity index (χ4v) is 4.05. The average molecular weight is 392 g/mol. The predicted molar refractivity (Wildman–Crippen MR) is 114 cm³/mol. The summed E-state index contributed by atoms with van der Waals surface area (Å²) in [5.74, 6) is 1.55. The Bertz CT molecular complexity index is 967. The van der Waals surface area contributed by atoms with Gasteiger partial charge in [-0.1, -0.05) is 42.5 Å². The summed E-state index contributed by atoms with van der Waals surface area (Å²) in [6.07, 6.45) is 1.93. The third-order valence-corrected chi connectivity index (χ3v) is 5.51. The summed E-state index contributed by atoms with van der Waals surface area (Å²) in [7, 11) is 0. The standard InChI is InChI=1S/C24H28N2O3/c1-3-28-21-13-7-11-19-15-22(29-23(19)21)17(2)25-24(27)20-12-8-14-26(20)16-18-9-5-4-6-10-18/h4-7,9-11,13,15,17,20H,3,8,12,14,16H2,1-2H3,(H,25,27). The molecule has 0 bridgehead atoms. The molecule has 5 heteroatoms. The van der Waals surface area contributed by atoms with Crippen molar-refractivity contribution in [2.24, 2.45) is 0 Å². The highest BCUT2D eigenvalue weighted by atomic mass is 16.5. The molecule has 1 aliphatic rings. The number of ether oxygens (including phenoxy) is 1. The fraction of sp³-hybridized carbons (Fsp3) is 0.375. The second-order valence-corrected chi connectivity index (χ2v) is 7.60. The maximum atomic E-state index is 13.0. The van der Waals surface area contributed by atoms with E-state index in [1.165, 1.54) is 5.56 Å². The maximum Gasteiger partial charge on any atom is 0.237 e. The second kappa shape index (κ2) is 8.70. The van der Waals surface area contributed by atoms with Crippen LogP contribution in [0, 0.1) is 0 Å². The number of hydrogen-bond donors (Lipinski definition) is 1. The molecule has 0 aliphatic carbocycles. The van der Waals surface area contributed by atoms with Gasteiger partial charge in [0, 0.05) is 11.9 Å². The molecular formula is C24H28N2O3. The molecule has 1 fully saturated rings. The van der Waals surface area contributed by atoms with Gasteiger partial charge in [0.2, 0.25) is 5.91 Å². The summed E-state index contributed by atoms with van der Waals surface area (Å²) >= 11 is 0. The van der Waals surface area contributed by atoms with Crippen molar-refractivity contribution in [2.75, 3.05) is 13.2 Å². The summed E-state index contributed by atoms with van der Waals surface area (Å²) in [5.41, 5.74) is 1.97. The molecule has 5 nitrogen and oxygen atoms in total. The average Bonchev–Trinajstić information content (AvgIpc) is 3.36. The van der Waals surface area contributed by atoms with E-state index in [1.54, 1.807) is 0 Å². The fourth-order valence-electron chi connectivity index (χ4n) is 4.05. The number of hydrogen-bond acceptors (Lipinski definition) is 4. The van der Waals surface area contributed by atoms with Gasteiger partial charge in [-0.3, -0.25) is 9.69 Å². The van der Waals surface area contributed by atoms with Crippen LogP contribution in [0.25, 0.3) is 11.0 Å². The van der Waals surface area contributed by atoms with Crippen molar-refractivity contribution < 1.29 is 13.9 Å². The number of nitrogens with zero attached hydrogens (tertiary/aromatic N) is 1. The lowest BCUT2D eigenvalue weighted by Crippen LogP contribution is -2.43. The minimum Gasteiger partial charge on any atom is -0.490 e. The monoisotopic (exact) mass is 392 g/mol. The van der Waals surface area contributed by atoms with Gasteiger partial charge in [-0.05, 0) is 50.9 Å². The van der Waals surface area contributed by atoms with E-state index < -0.39 is 0 Å². The maximum absolute atomic E-state index is 13.0. The Kier molecular flexibility index (Phi) is 5.86. The molecule has 1 amide bonds. The van der Waals surface area contributed by atoms with Gasteiger partial charge in [-0.2, -0.15) is 0 Å². The number of carbonyl (C=O) groups is 1. The lowest BCUT2D eigenvalue weighted by Gasteiger charge is -2.25. The highest BCUT2D eigenvalue weighted by molar-refractivity contribution is 5.85. The third-order valence-electron chi connectivity index (χ3n) is 5.51. The Labute approximate surface area is 171 Å². The van der Waals surface area contributed by atoms with Gasteiger partial charge in [-0.25, -0.2) is 0 Å². The van der Waals surface area contributed by atoms with Gasteiger partial charge >= 0.3 is 0 Å². The molecule has 2 atom stereocenters. The number of para-hydroxylation sites is 1. The number of fused-ring (bicyclic) bond motifs is 1. The van der Waals surface area contributed by atoms with Gasteiger partial charge in [0.05, 0.1) is 18.7 Å².